The average molecular weight is 356 g/mol. The van der Waals surface area contributed by atoms with E-state index in [4.69, 9.17) is 0 Å². The van der Waals surface area contributed by atoms with Gasteiger partial charge in [0.15, 0.2) is 0 Å². The number of carbonyl (C=O) groups is 2. The molecule has 0 bridgehead atoms. The molecule has 26 heavy (non-hydrogen) atoms. The van der Waals surface area contributed by atoms with Gasteiger partial charge in [0, 0.05) is 37.5 Å². The van der Waals surface area contributed by atoms with Gasteiger partial charge in [-0.3, -0.25) is 30.6 Å². The van der Waals surface area contributed by atoms with Crippen LogP contribution in [0.2, 0.25) is 0 Å². The lowest BCUT2D eigenvalue weighted by Gasteiger charge is -2.17. The number of amides is 2. The average Bonchev–Trinajstić information content (AvgIpc) is 2.58. The minimum Gasteiger partial charge on any atom is -0.377 e. The SMILES string of the molecule is Cc1ccc(C(=O)NNC(=O)c2cc([N+](=O)[O-])ccc2N(C)C)c(C)c1. The van der Waals surface area contributed by atoms with Gasteiger partial charge in [0.25, 0.3) is 17.5 Å². The highest BCUT2D eigenvalue weighted by Crippen LogP contribution is 2.24. The number of nitro benzene ring substituents is 1. The van der Waals surface area contributed by atoms with Crippen LogP contribution >= 0.6 is 0 Å². The van der Waals surface area contributed by atoms with Crippen molar-refractivity contribution in [1.29, 1.82) is 0 Å². The molecule has 136 valence electrons. The topological polar surface area (TPSA) is 105 Å². The highest BCUT2D eigenvalue weighted by atomic mass is 16.6. The van der Waals surface area contributed by atoms with Crippen molar-refractivity contribution in [3.63, 3.8) is 0 Å². The van der Waals surface area contributed by atoms with Crippen LogP contribution in [0.25, 0.3) is 0 Å². The van der Waals surface area contributed by atoms with Gasteiger partial charge in [0.2, 0.25) is 0 Å². The first kappa shape index (κ1) is 18.9. The Morgan fingerprint density at radius 2 is 1.58 bits per heavy atom. The van der Waals surface area contributed by atoms with Crippen molar-refractivity contribution in [3.05, 3.63) is 68.8 Å². The standard InChI is InChI=1S/C18H20N4O4/c1-11-5-7-14(12(2)9-11)17(23)19-20-18(24)15-10-13(22(25)26)6-8-16(15)21(3)4/h5-10H,1-4H3,(H,19,23)(H,20,24). The van der Waals surface area contributed by atoms with E-state index in [1.54, 1.807) is 38.1 Å². The van der Waals surface area contributed by atoms with Crippen molar-refractivity contribution in [2.45, 2.75) is 13.8 Å². The van der Waals surface area contributed by atoms with E-state index < -0.39 is 16.7 Å². The first-order chi connectivity index (χ1) is 12.2. The van der Waals surface area contributed by atoms with E-state index in [0.29, 0.717) is 11.3 Å². The number of nitrogens with one attached hydrogen (secondary N) is 2. The van der Waals surface area contributed by atoms with Crippen LogP contribution in [-0.4, -0.2) is 30.8 Å². The van der Waals surface area contributed by atoms with Crippen molar-refractivity contribution in [2.24, 2.45) is 0 Å². The molecule has 0 heterocycles. The predicted molar refractivity (Wildman–Crippen MR) is 98.3 cm³/mol. The Morgan fingerprint density at radius 1 is 0.962 bits per heavy atom. The molecule has 8 heteroatoms. The molecular formula is C18H20N4O4. The Bertz CT molecular complexity index is 877. The molecule has 0 spiro atoms. The minimum atomic E-state index is -0.643. The van der Waals surface area contributed by atoms with E-state index in [1.807, 2.05) is 13.0 Å². The van der Waals surface area contributed by atoms with Crippen LogP contribution in [0.4, 0.5) is 11.4 Å². The van der Waals surface area contributed by atoms with Gasteiger partial charge >= 0.3 is 0 Å². The lowest BCUT2D eigenvalue weighted by molar-refractivity contribution is -0.384. The number of carbonyl (C=O) groups excluding carboxylic acids is 2. The van der Waals surface area contributed by atoms with Gasteiger partial charge < -0.3 is 4.90 Å². The zero-order valence-corrected chi connectivity index (χ0v) is 15.0. The zero-order valence-electron chi connectivity index (χ0n) is 15.0. The Kier molecular flexibility index (Phi) is 5.56. The van der Waals surface area contributed by atoms with Crippen LogP contribution in [0.1, 0.15) is 31.8 Å². The van der Waals surface area contributed by atoms with E-state index >= 15 is 0 Å². The molecule has 0 aliphatic rings. The number of hydrogen-bond acceptors (Lipinski definition) is 5. The second-order valence-corrected chi connectivity index (χ2v) is 6.08. The molecular weight excluding hydrogens is 336 g/mol. The molecule has 2 N–H and O–H groups in total. The summed E-state index contributed by atoms with van der Waals surface area (Å²) >= 11 is 0. The van der Waals surface area contributed by atoms with Crippen LogP contribution < -0.4 is 15.8 Å². The Balaban J connectivity index is 2.20. The van der Waals surface area contributed by atoms with Crippen LogP contribution in [-0.2, 0) is 0 Å². The van der Waals surface area contributed by atoms with Gasteiger partial charge in [-0.15, -0.1) is 0 Å². The van der Waals surface area contributed by atoms with Crippen molar-refractivity contribution >= 4 is 23.2 Å². The molecule has 0 aliphatic heterocycles. The van der Waals surface area contributed by atoms with E-state index in [-0.39, 0.29) is 11.3 Å². The summed E-state index contributed by atoms with van der Waals surface area (Å²) < 4.78 is 0. The van der Waals surface area contributed by atoms with Crippen LogP contribution in [0.5, 0.6) is 0 Å². The first-order valence-corrected chi connectivity index (χ1v) is 7.84. The summed E-state index contributed by atoms with van der Waals surface area (Å²) in [6.07, 6.45) is 0. The third kappa shape index (κ3) is 4.15. The molecule has 2 rings (SSSR count). The predicted octanol–water partition coefficient (Wildman–Crippen LogP) is 2.35. The van der Waals surface area contributed by atoms with E-state index in [2.05, 4.69) is 10.9 Å². The van der Waals surface area contributed by atoms with E-state index in [1.165, 1.54) is 18.2 Å². The second kappa shape index (κ2) is 7.64. The number of rotatable bonds is 4. The van der Waals surface area contributed by atoms with E-state index in [9.17, 15) is 19.7 Å². The molecule has 0 fully saturated rings. The zero-order chi connectivity index (χ0) is 19.4. The Labute approximate surface area is 150 Å². The fourth-order valence-electron chi connectivity index (χ4n) is 2.53. The number of hydrogen-bond donors (Lipinski definition) is 2. The van der Waals surface area contributed by atoms with Gasteiger partial charge in [-0.2, -0.15) is 0 Å². The van der Waals surface area contributed by atoms with Gasteiger partial charge in [0.1, 0.15) is 0 Å². The largest absolute Gasteiger partial charge is 0.377 e. The molecule has 2 aromatic rings. The quantitative estimate of drug-likeness (QED) is 0.646. The molecule has 0 unspecified atom stereocenters. The summed E-state index contributed by atoms with van der Waals surface area (Å²) in [7, 11) is 3.43. The molecule has 0 aromatic heterocycles. The summed E-state index contributed by atoms with van der Waals surface area (Å²) in [6, 6.07) is 9.31. The summed E-state index contributed by atoms with van der Waals surface area (Å²) in [6.45, 7) is 3.72. The maximum atomic E-state index is 12.4. The number of anilines is 1. The van der Waals surface area contributed by atoms with Crippen LogP contribution in [0.15, 0.2) is 36.4 Å². The molecule has 0 radical (unpaired) electrons. The first-order valence-electron chi connectivity index (χ1n) is 7.84. The van der Waals surface area contributed by atoms with Crippen molar-refractivity contribution in [2.75, 3.05) is 19.0 Å². The molecule has 2 amide bonds. The Hall–Kier alpha value is -3.42. The lowest BCUT2D eigenvalue weighted by atomic mass is 10.1. The Morgan fingerprint density at radius 3 is 2.12 bits per heavy atom. The number of benzene rings is 2. The summed E-state index contributed by atoms with van der Waals surface area (Å²) in [5.41, 5.74) is 7.27. The molecule has 0 saturated heterocycles. The third-order valence-corrected chi connectivity index (χ3v) is 3.83. The summed E-state index contributed by atoms with van der Waals surface area (Å²) in [5.74, 6) is -1.11. The van der Waals surface area contributed by atoms with Gasteiger partial charge in [-0.05, 0) is 31.5 Å². The van der Waals surface area contributed by atoms with Gasteiger partial charge in [-0.1, -0.05) is 17.7 Å². The normalized spacial score (nSPS) is 10.2. The highest BCUT2D eigenvalue weighted by molar-refractivity contribution is 6.03. The highest BCUT2D eigenvalue weighted by Gasteiger charge is 2.19. The summed E-state index contributed by atoms with van der Waals surface area (Å²) in [4.78, 5) is 36.7. The molecule has 2 aromatic carbocycles. The molecule has 0 atom stereocenters. The maximum Gasteiger partial charge on any atom is 0.272 e. The minimum absolute atomic E-state index is 0.0881. The lowest BCUT2D eigenvalue weighted by Crippen LogP contribution is -2.42. The number of non-ortho nitro benzene ring substituents is 1. The smallest absolute Gasteiger partial charge is 0.272 e. The third-order valence-electron chi connectivity index (χ3n) is 3.83. The fourth-order valence-corrected chi connectivity index (χ4v) is 2.53. The maximum absolute atomic E-state index is 12.4. The number of hydrazine groups is 1. The second-order valence-electron chi connectivity index (χ2n) is 6.08. The van der Waals surface area contributed by atoms with Gasteiger partial charge in [-0.25, -0.2) is 0 Å². The fraction of sp³-hybridized carbons (Fsp3) is 0.222. The molecule has 0 aliphatic carbocycles. The van der Waals surface area contributed by atoms with Gasteiger partial charge in [0.05, 0.1) is 10.5 Å². The summed E-state index contributed by atoms with van der Waals surface area (Å²) in [5, 5.41) is 11.0. The monoisotopic (exact) mass is 356 g/mol. The number of nitrogens with zero attached hydrogens (tertiary/aromatic N) is 2. The molecule has 0 saturated carbocycles. The van der Waals surface area contributed by atoms with E-state index in [0.717, 1.165) is 11.1 Å². The van der Waals surface area contributed by atoms with Crippen LogP contribution in [0, 0.1) is 24.0 Å². The van der Waals surface area contributed by atoms with Crippen molar-refractivity contribution in [3.8, 4) is 0 Å². The number of nitro groups is 1. The van der Waals surface area contributed by atoms with Crippen molar-refractivity contribution < 1.29 is 14.5 Å². The number of aryl methyl sites for hydroxylation is 2. The van der Waals surface area contributed by atoms with Crippen molar-refractivity contribution in [1.82, 2.24) is 10.9 Å². The van der Waals surface area contributed by atoms with Crippen LogP contribution in [0.3, 0.4) is 0 Å². The molecule has 8 nitrogen and oxygen atoms in total.